The van der Waals surface area contributed by atoms with Crippen molar-refractivity contribution >= 4 is 15.9 Å². The summed E-state index contributed by atoms with van der Waals surface area (Å²) in [7, 11) is 0. The van der Waals surface area contributed by atoms with Crippen LogP contribution in [0.1, 0.15) is 27.2 Å². The summed E-state index contributed by atoms with van der Waals surface area (Å²) in [6.45, 7) is 7.05. The summed E-state index contributed by atoms with van der Waals surface area (Å²) in [4.78, 5) is 0. The first kappa shape index (κ1) is 9.44. The van der Waals surface area contributed by atoms with Gasteiger partial charge in [-0.2, -0.15) is 0 Å². The summed E-state index contributed by atoms with van der Waals surface area (Å²) >= 11 is 3.38. The summed E-state index contributed by atoms with van der Waals surface area (Å²) in [6.07, 6.45) is 1.07. The van der Waals surface area contributed by atoms with E-state index in [1.807, 2.05) is 6.92 Å². The molecule has 0 unspecified atom stereocenters. The van der Waals surface area contributed by atoms with Gasteiger partial charge in [-0.1, -0.05) is 15.9 Å². The molecule has 0 heterocycles. The molecule has 0 aliphatic rings. The minimum Gasteiger partial charge on any atom is -0.376 e. The Bertz CT molecular complexity index is 63.3. The maximum absolute atomic E-state index is 5.44. The predicted molar refractivity (Wildman–Crippen MR) is 44.1 cm³/mol. The van der Waals surface area contributed by atoms with Gasteiger partial charge in [0.1, 0.15) is 0 Å². The summed E-state index contributed by atoms with van der Waals surface area (Å²) in [5, 5.41) is 1.01. The highest BCUT2D eigenvalue weighted by molar-refractivity contribution is 9.09. The van der Waals surface area contributed by atoms with E-state index in [1.54, 1.807) is 0 Å². The summed E-state index contributed by atoms with van der Waals surface area (Å²) in [5.74, 6) is 0. The second kappa shape index (κ2) is 4.29. The Morgan fingerprint density at radius 1 is 1.44 bits per heavy atom. The minimum atomic E-state index is 0.0538. The van der Waals surface area contributed by atoms with E-state index in [-0.39, 0.29) is 5.60 Å². The van der Waals surface area contributed by atoms with Crippen molar-refractivity contribution in [1.29, 1.82) is 0 Å². The largest absolute Gasteiger partial charge is 0.376 e. The van der Waals surface area contributed by atoms with Crippen LogP contribution in [-0.2, 0) is 4.74 Å². The highest BCUT2D eigenvalue weighted by Gasteiger charge is 2.15. The molecule has 0 aromatic carbocycles. The van der Waals surface area contributed by atoms with Gasteiger partial charge < -0.3 is 4.74 Å². The third kappa shape index (κ3) is 4.91. The van der Waals surface area contributed by atoms with Crippen LogP contribution >= 0.6 is 15.9 Å². The maximum atomic E-state index is 5.44. The van der Waals surface area contributed by atoms with Crippen molar-refractivity contribution in [2.24, 2.45) is 0 Å². The molecule has 0 aromatic heterocycles. The standard InChI is InChI=1S/C7H15BrO/c1-4-9-7(2,3)5-6-8/h4-6H2,1-3H3. The van der Waals surface area contributed by atoms with Gasteiger partial charge in [0.2, 0.25) is 0 Å². The number of ether oxygens (including phenoxy) is 1. The second-order valence-corrected chi connectivity index (χ2v) is 3.42. The highest BCUT2D eigenvalue weighted by Crippen LogP contribution is 2.14. The van der Waals surface area contributed by atoms with Crippen LogP contribution in [0.3, 0.4) is 0 Å². The van der Waals surface area contributed by atoms with Gasteiger partial charge in [0.15, 0.2) is 0 Å². The second-order valence-electron chi connectivity index (χ2n) is 2.63. The van der Waals surface area contributed by atoms with E-state index in [0.717, 1.165) is 18.4 Å². The fraction of sp³-hybridized carbons (Fsp3) is 1.00. The molecule has 0 rings (SSSR count). The molecular formula is C7H15BrO. The van der Waals surface area contributed by atoms with Gasteiger partial charge in [-0.05, 0) is 27.2 Å². The van der Waals surface area contributed by atoms with Gasteiger partial charge in [-0.15, -0.1) is 0 Å². The van der Waals surface area contributed by atoms with Crippen LogP contribution in [0, 0.1) is 0 Å². The molecule has 9 heavy (non-hydrogen) atoms. The zero-order valence-corrected chi connectivity index (χ0v) is 7.99. The molecule has 0 bridgehead atoms. The number of hydrogen-bond acceptors (Lipinski definition) is 1. The number of rotatable bonds is 4. The lowest BCUT2D eigenvalue weighted by molar-refractivity contribution is -0.0113. The fourth-order valence-electron chi connectivity index (χ4n) is 0.690. The Hall–Kier alpha value is 0.440. The normalized spacial score (nSPS) is 12.0. The van der Waals surface area contributed by atoms with Crippen molar-refractivity contribution in [3.63, 3.8) is 0 Å². The molecule has 0 aliphatic carbocycles. The molecule has 0 aromatic rings. The highest BCUT2D eigenvalue weighted by atomic mass is 79.9. The Morgan fingerprint density at radius 3 is 2.33 bits per heavy atom. The molecule has 0 spiro atoms. The average molecular weight is 195 g/mol. The summed E-state index contributed by atoms with van der Waals surface area (Å²) in [5.41, 5.74) is 0.0538. The van der Waals surface area contributed by atoms with Crippen LogP contribution < -0.4 is 0 Å². The molecule has 0 fully saturated rings. The van der Waals surface area contributed by atoms with Crippen LogP contribution in [0.4, 0.5) is 0 Å². The molecule has 0 radical (unpaired) electrons. The van der Waals surface area contributed by atoms with Gasteiger partial charge in [-0.25, -0.2) is 0 Å². The summed E-state index contributed by atoms with van der Waals surface area (Å²) < 4.78 is 5.44. The topological polar surface area (TPSA) is 9.23 Å². The Morgan fingerprint density at radius 2 is 2.00 bits per heavy atom. The van der Waals surface area contributed by atoms with Crippen molar-refractivity contribution < 1.29 is 4.74 Å². The van der Waals surface area contributed by atoms with E-state index in [9.17, 15) is 0 Å². The Kier molecular flexibility index (Phi) is 4.50. The fourth-order valence-corrected chi connectivity index (χ4v) is 1.65. The van der Waals surface area contributed by atoms with E-state index >= 15 is 0 Å². The van der Waals surface area contributed by atoms with Gasteiger partial charge in [0.25, 0.3) is 0 Å². The van der Waals surface area contributed by atoms with Crippen LogP contribution in [0.15, 0.2) is 0 Å². The van der Waals surface area contributed by atoms with Gasteiger partial charge >= 0.3 is 0 Å². The molecule has 1 nitrogen and oxygen atoms in total. The zero-order valence-electron chi connectivity index (χ0n) is 6.41. The monoisotopic (exact) mass is 194 g/mol. The van der Waals surface area contributed by atoms with Crippen molar-refractivity contribution in [2.75, 3.05) is 11.9 Å². The Balaban J connectivity index is 3.43. The number of halogens is 1. The van der Waals surface area contributed by atoms with E-state index in [4.69, 9.17) is 4.74 Å². The van der Waals surface area contributed by atoms with Crippen molar-refractivity contribution in [1.82, 2.24) is 0 Å². The molecule has 0 N–H and O–H groups in total. The van der Waals surface area contributed by atoms with Crippen molar-refractivity contribution in [3.05, 3.63) is 0 Å². The Labute approximate surface area is 65.9 Å². The summed E-state index contributed by atoms with van der Waals surface area (Å²) in [6, 6.07) is 0. The molecular weight excluding hydrogens is 180 g/mol. The van der Waals surface area contributed by atoms with Crippen LogP contribution in [-0.4, -0.2) is 17.5 Å². The first-order valence-electron chi connectivity index (χ1n) is 3.32. The van der Waals surface area contributed by atoms with E-state index in [0.29, 0.717) is 0 Å². The molecule has 0 amide bonds. The smallest absolute Gasteiger partial charge is 0.0634 e. The molecule has 2 heteroatoms. The molecule has 0 saturated carbocycles. The predicted octanol–water partition coefficient (Wildman–Crippen LogP) is 2.59. The lowest BCUT2D eigenvalue weighted by atomic mass is 10.1. The van der Waals surface area contributed by atoms with Crippen LogP contribution in [0.25, 0.3) is 0 Å². The van der Waals surface area contributed by atoms with Crippen molar-refractivity contribution in [2.45, 2.75) is 32.8 Å². The first-order chi connectivity index (χ1) is 4.12. The van der Waals surface area contributed by atoms with Crippen molar-refractivity contribution in [3.8, 4) is 0 Å². The molecule has 0 saturated heterocycles. The third-order valence-electron chi connectivity index (χ3n) is 1.23. The lowest BCUT2D eigenvalue weighted by Gasteiger charge is -2.23. The zero-order chi connectivity index (χ0) is 7.33. The quantitative estimate of drug-likeness (QED) is 0.626. The van der Waals surface area contributed by atoms with Gasteiger partial charge in [-0.3, -0.25) is 0 Å². The number of hydrogen-bond donors (Lipinski definition) is 0. The van der Waals surface area contributed by atoms with Gasteiger partial charge in [0.05, 0.1) is 5.60 Å². The molecule has 56 valence electrons. The SMILES string of the molecule is CCOC(C)(C)CCBr. The van der Waals surface area contributed by atoms with E-state index < -0.39 is 0 Å². The molecule has 0 aliphatic heterocycles. The van der Waals surface area contributed by atoms with E-state index in [1.165, 1.54) is 0 Å². The third-order valence-corrected chi connectivity index (χ3v) is 1.63. The van der Waals surface area contributed by atoms with Crippen LogP contribution in [0.2, 0.25) is 0 Å². The minimum absolute atomic E-state index is 0.0538. The maximum Gasteiger partial charge on any atom is 0.0634 e. The van der Waals surface area contributed by atoms with Crippen LogP contribution in [0.5, 0.6) is 0 Å². The number of alkyl halides is 1. The van der Waals surface area contributed by atoms with Gasteiger partial charge in [0, 0.05) is 11.9 Å². The first-order valence-corrected chi connectivity index (χ1v) is 4.44. The lowest BCUT2D eigenvalue weighted by Crippen LogP contribution is -2.24. The molecule has 0 atom stereocenters. The van der Waals surface area contributed by atoms with E-state index in [2.05, 4.69) is 29.8 Å². The average Bonchev–Trinajstić information content (AvgIpc) is 1.64.